The van der Waals surface area contributed by atoms with E-state index in [9.17, 15) is 14.4 Å². The van der Waals surface area contributed by atoms with Crippen LogP contribution in [0.15, 0.2) is 43.0 Å². The van der Waals surface area contributed by atoms with Gasteiger partial charge in [0, 0.05) is 88.8 Å². The van der Waals surface area contributed by atoms with Crippen molar-refractivity contribution < 1.29 is 23.5 Å². The second-order valence-corrected chi connectivity index (χ2v) is 14.6. The summed E-state index contributed by atoms with van der Waals surface area (Å²) in [6.45, 7) is 9.31. The molecule has 3 saturated heterocycles. The summed E-state index contributed by atoms with van der Waals surface area (Å²) in [5.74, 6) is 0.420. The number of urea groups is 1. The smallest absolute Gasteiger partial charge is 0.330 e. The first kappa shape index (κ1) is 35.5. The van der Waals surface area contributed by atoms with E-state index in [2.05, 4.69) is 57.5 Å². The third kappa shape index (κ3) is 7.07. The highest BCUT2D eigenvalue weighted by Gasteiger charge is 2.35. The van der Waals surface area contributed by atoms with Crippen molar-refractivity contribution in [3.05, 3.63) is 71.2 Å². The van der Waals surface area contributed by atoms with Crippen molar-refractivity contribution in [2.45, 2.75) is 38.8 Å². The number of anilines is 6. The van der Waals surface area contributed by atoms with Gasteiger partial charge in [-0.2, -0.15) is 0 Å². The van der Waals surface area contributed by atoms with Crippen LogP contribution in [0.3, 0.4) is 0 Å². The molecule has 0 bridgehead atoms. The summed E-state index contributed by atoms with van der Waals surface area (Å²) < 4.78 is 21.1. The maximum atomic E-state index is 15.4. The Bertz CT molecular complexity index is 2180. The van der Waals surface area contributed by atoms with E-state index in [1.807, 2.05) is 17.3 Å². The van der Waals surface area contributed by atoms with E-state index >= 15 is 4.39 Å². The number of piperazine rings is 1. The molecule has 0 aliphatic carbocycles. The van der Waals surface area contributed by atoms with Gasteiger partial charge in [0.25, 0.3) is 0 Å². The van der Waals surface area contributed by atoms with E-state index in [0.717, 1.165) is 79.6 Å². The molecule has 18 heteroatoms. The molecule has 0 radical (unpaired) electrons. The number of ether oxygens (including phenoxy) is 1. The maximum absolute atomic E-state index is 15.4. The van der Waals surface area contributed by atoms with E-state index < -0.39 is 11.8 Å². The van der Waals surface area contributed by atoms with Gasteiger partial charge in [-0.05, 0) is 36.6 Å². The first-order valence-electron chi connectivity index (χ1n) is 19.0. The van der Waals surface area contributed by atoms with Crippen LogP contribution in [0.5, 0.6) is 5.88 Å². The van der Waals surface area contributed by atoms with Crippen LogP contribution in [-0.2, 0) is 29.0 Å². The van der Waals surface area contributed by atoms with E-state index in [0.29, 0.717) is 55.4 Å². The first-order valence-corrected chi connectivity index (χ1v) is 19.0. The minimum Gasteiger partial charge on any atom is -0.474 e. The fourth-order valence-electron chi connectivity index (χ4n) is 7.88. The lowest BCUT2D eigenvalue weighted by atomic mass is 10.0. The highest BCUT2D eigenvalue weighted by atomic mass is 19.1. The molecule has 290 valence electrons. The number of fused-ring (bicyclic) bond motifs is 2. The molecule has 0 unspecified atom stereocenters. The molecule has 3 aromatic heterocycles. The molecule has 4 amide bonds. The van der Waals surface area contributed by atoms with Gasteiger partial charge in [0.2, 0.25) is 29.6 Å². The normalized spacial score (nSPS) is 18.7. The van der Waals surface area contributed by atoms with Crippen LogP contribution in [0.25, 0.3) is 0 Å². The minimum atomic E-state index is -0.513. The van der Waals surface area contributed by atoms with E-state index in [1.54, 1.807) is 24.5 Å². The van der Waals surface area contributed by atoms with Crippen molar-refractivity contribution in [2.24, 2.45) is 0 Å². The summed E-state index contributed by atoms with van der Waals surface area (Å²) in [4.78, 5) is 69.3. The van der Waals surface area contributed by atoms with Crippen LogP contribution in [0.2, 0.25) is 0 Å². The zero-order valence-electron chi connectivity index (χ0n) is 31.0. The van der Waals surface area contributed by atoms with Crippen molar-refractivity contribution >= 4 is 52.5 Å². The standard InChI is InChI=1S/C38H42FN13O4/c1-23-31(19-41-35-34(23)40-6-13-56-35)50-7-4-25-16-42-36(46-30(25)22-50)45-26-3-2-24(29(39)15-26)14-33(54)49-11-9-48(10-12-49)28-20-51(21-28)27-17-43-37(44-18-27)52-8-5-32(53)47-38(52)55/h2-3,15-19,28,40H,4-14,20-22H2,1H3,(H,42,45,46)(H,47,53,55). The van der Waals surface area contributed by atoms with Crippen molar-refractivity contribution in [1.29, 1.82) is 0 Å². The quantitative estimate of drug-likeness (QED) is 0.238. The van der Waals surface area contributed by atoms with E-state index in [1.165, 1.54) is 11.0 Å². The number of carbonyl (C=O) groups is 3. The van der Waals surface area contributed by atoms with Crippen molar-refractivity contribution in [3.8, 4) is 5.88 Å². The molecule has 5 aliphatic rings. The number of imide groups is 1. The minimum absolute atomic E-state index is 0.0154. The number of aromatic nitrogens is 5. The molecule has 0 saturated carbocycles. The number of amides is 4. The van der Waals surface area contributed by atoms with Crippen molar-refractivity contribution in [2.75, 3.05) is 90.8 Å². The van der Waals surface area contributed by atoms with Crippen LogP contribution in [0.4, 0.5) is 43.8 Å². The molecular weight excluding hydrogens is 722 g/mol. The molecule has 17 nitrogen and oxygen atoms in total. The Morgan fingerprint density at radius 2 is 1.79 bits per heavy atom. The summed E-state index contributed by atoms with van der Waals surface area (Å²) in [6.07, 6.45) is 8.07. The lowest BCUT2D eigenvalue weighted by molar-refractivity contribution is -0.132. The Morgan fingerprint density at radius 1 is 0.964 bits per heavy atom. The molecule has 9 rings (SSSR count). The Hall–Kier alpha value is -6.17. The number of hydrogen-bond donors (Lipinski definition) is 3. The number of halogens is 1. The van der Waals surface area contributed by atoms with E-state index in [-0.39, 0.29) is 37.1 Å². The fraction of sp³-hybridized carbons (Fsp3) is 0.421. The summed E-state index contributed by atoms with van der Waals surface area (Å²) in [7, 11) is 0. The second kappa shape index (κ2) is 14.8. The van der Waals surface area contributed by atoms with Crippen LogP contribution in [-0.4, -0.2) is 124 Å². The Balaban J connectivity index is 0.747. The van der Waals surface area contributed by atoms with Gasteiger partial charge in [-0.25, -0.2) is 34.1 Å². The molecule has 4 aromatic rings. The van der Waals surface area contributed by atoms with Crippen LogP contribution >= 0.6 is 0 Å². The number of hydrogen-bond acceptors (Lipinski definition) is 14. The molecule has 8 heterocycles. The molecule has 3 fully saturated rings. The van der Waals surface area contributed by atoms with Gasteiger partial charge in [-0.1, -0.05) is 6.07 Å². The highest BCUT2D eigenvalue weighted by molar-refractivity contribution is 6.04. The third-order valence-corrected chi connectivity index (χ3v) is 11.2. The van der Waals surface area contributed by atoms with Crippen LogP contribution in [0.1, 0.15) is 28.8 Å². The third-order valence-electron chi connectivity index (χ3n) is 11.2. The lowest BCUT2D eigenvalue weighted by Gasteiger charge is -2.49. The summed E-state index contributed by atoms with van der Waals surface area (Å²) in [5, 5.41) is 8.83. The number of nitrogens with one attached hydrogen (secondary N) is 3. The average molecular weight is 764 g/mol. The summed E-state index contributed by atoms with van der Waals surface area (Å²) >= 11 is 0. The Labute approximate surface area is 322 Å². The molecule has 56 heavy (non-hydrogen) atoms. The molecule has 3 N–H and O–H groups in total. The highest BCUT2D eigenvalue weighted by Crippen LogP contribution is 2.36. The SMILES string of the molecule is Cc1c(N2CCc3cnc(Nc4ccc(CC(=O)N5CCN(C6CN(c7cnc(N8CCC(=O)NC8=O)nc7)C6)CC5)c(F)c4)nc3C2)cnc2c1NCCO2. The Kier molecular flexibility index (Phi) is 9.40. The first-order chi connectivity index (χ1) is 27.3. The molecule has 0 spiro atoms. The summed E-state index contributed by atoms with van der Waals surface area (Å²) in [6, 6.07) is 4.62. The number of pyridine rings is 1. The molecule has 1 aromatic carbocycles. The number of rotatable bonds is 8. The van der Waals surface area contributed by atoms with Gasteiger partial charge < -0.3 is 30.1 Å². The number of nitrogens with zero attached hydrogens (tertiary/aromatic N) is 10. The molecule has 0 atom stereocenters. The summed E-state index contributed by atoms with van der Waals surface area (Å²) in [5.41, 5.74) is 6.75. The lowest BCUT2D eigenvalue weighted by Crippen LogP contribution is -2.63. The number of benzene rings is 1. The zero-order chi connectivity index (χ0) is 38.3. The van der Waals surface area contributed by atoms with Crippen LogP contribution < -0.4 is 35.4 Å². The topological polar surface area (TPSA) is 177 Å². The van der Waals surface area contributed by atoms with Gasteiger partial charge in [-0.15, -0.1) is 0 Å². The van der Waals surface area contributed by atoms with Gasteiger partial charge in [0.15, 0.2) is 0 Å². The number of carbonyl (C=O) groups excluding carboxylic acids is 3. The van der Waals surface area contributed by atoms with Crippen molar-refractivity contribution in [1.82, 2.24) is 40.0 Å². The van der Waals surface area contributed by atoms with Gasteiger partial charge >= 0.3 is 6.03 Å². The fourth-order valence-corrected chi connectivity index (χ4v) is 7.88. The predicted octanol–water partition coefficient (Wildman–Crippen LogP) is 2.24. The largest absolute Gasteiger partial charge is 0.474 e. The van der Waals surface area contributed by atoms with Crippen LogP contribution in [0, 0.1) is 12.7 Å². The van der Waals surface area contributed by atoms with E-state index in [4.69, 9.17) is 9.72 Å². The monoisotopic (exact) mass is 763 g/mol. The molecular formula is C38H42FN13O4. The average Bonchev–Trinajstić information content (AvgIpc) is 3.19. The second-order valence-electron chi connectivity index (χ2n) is 14.6. The van der Waals surface area contributed by atoms with Gasteiger partial charge in [0.1, 0.15) is 18.1 Å². The maximum Gasteiger partial charge on any atom is 0.330 e. The Morgan fingerprint density at radius 3 is 2.57 bits per heavy atom. The predicted molar refractivity (Wildman–Crippen MR) is 205 cm³/mol. The van der Waals surface area contributed by atoms with Gasteiger partial charge in [0.05, 0.1) is 48.6 Å². The van der Waals surface area contributed by atoms with Gasteiger partial charge in [-0.3, -0.25) is 24.7 Å². The zero-order valence-corrected chi connectivity index (χ0v) is 31.0. The van der Waals surface area contributed by atoms with Crippen molar-refractivity contribution in [3.63, 3.8) is 0 Å². The molecule has 5 aliphatic heterocycles.